The Hall–Kier alpha value is -2.54. The maximum absolute atomic E-state index is 12.6. The van der Waals surface area contributed by atoms with Gasteiger partial charge >= 0.3 is 6.03 Å². The molecule has 4 rings (SSSR count). The van der Waals surface area contributed by atoms with Gasteiger partial charge in [0.2, 0.25) is 5.95 Å². The van der Waals surface area contributed by atoms with E-state index in [0.717, 1.165) is 43.6 Å². The molecule has 7 nitrogen and oxygen atoms in total. The zero-order valence-corrected chi connectivity index (χ0v) is 17.5. The molecular weight excluding hydrogens is 388 g/mol. The van der Waals surface area contributed by atoms with Gasteiger partial charge in [0.15, 0.2) is 0 Å². The Morgan fingerprint density at radius 3 is 2.66 bits per heavy atom. The van der Waals surface area contributed by atoms with Crippen molar-refractivity contribution in [3.63, 3.8) is 0 Å². The second kappa shape index (κ2) is 8.86. The summed E-state index contributed by atoms with van der Waals surface area (Å²) >= 11 is 6.17. The van der Waals surface area contributed by atoms with E-state index in [0.29, 0.717) is 25.6 Å². The summed E-state index contributed by atoms with van der Waals surface area (Å²) in [6, 6.07) is 7.86. The third-order valence-electron chi connectivity index (χ3n) is 5.74. The van der Waals surface area contributed by atoms with Crippen LogP contribution >= 0.6 is 11.6 Å². The molecule has 1 aromatic heterocycles. The molecule has 0 aliphatic carbocycles. The van der Waals surface area contributed by atoms with E-state index < -0.39 is 0 Å². The van der Waals surface area contributed by atoms with Crippen LogP contribution < -0.4 is 15.1 Å². The van der Waals surface area contributed by atoms with Crippen LogP contribution in [0, 0.1) is 12.8 Å². The Labute approximate surface area is 176 Å². The number of urea groups is 1. The number of aryl methyl sites for hydroxylation is 1. The lowest BCUT2D eigenvalue weighted by molar-refractivity contribution is 0.192. The molecule has 2 aromatic rings. The highest BCUT2D eigenvalue weighted by molar-refractivity contribution is 6.30. The number of aromatic nitrogens is 2. The van der Waals surface area contributed by atoms with Crippen molar-refractivity contribution in [1.82, 2.24) is 20.2 Å². The molecule has 2 amide bonds. The SMILES string of the molecule is Cc1ccc(Cl)cc1N1CCC(CNC(=O)N2CCN(c3ncccn3)CC2)C1. The summed E-state index contributed by atoms with van der Waals surface area (Å²) in [4.78, 5) is 27.5. The highest BCUT2D eigenvalue weighted by atomic mass is 35.5. The molecular formula is C21H27ClN6O. The quantitative estimate of drug-likeness (QED) is 0.833. The molecule has 1 atom stereocenters. The van der Waals surface area contributed by atoms with Crippen molar-refractivity contribution >= 4 is 29.3 Å². The third kappa shape index (κ3) is 4.72. The van der Waals surface area contributed by atoms with Gasteiger partial charge in [-0.2, -0.15) is 0 Å². The number of nitrogens with zero attached hydrogens (tertiary/aromatic N) is 5. The third-order valence-corrected chi connectivity index (χ3v) is 5.98. The summed E-state index contributed by atoms with van der Waals surface area (Å²) in [5, 5.41) is 3.90. The van der Waals surface area contributed by atoms with Crippen molar-refractivity contribution in [3.05, 3.63) is 47.2 Å². The summed E-state index contributed by atoms with van der Waals surface area (Å²) in [6.45, 7) is 7.63. The zero-order valence-electron chi connectivity index (χ0n) is 16.7. The topological polar surface area (TPSA) is 64.6 Å². The standard InChI is InChI=1S/C21H27ClN6O/c1-16-3-4-18(22)13-19(16)28-8-5-17(15-28)14-25-21(29)27-11-9-26(10-12-27)20-23-6-2-7-24-20/h2-4,6-7,13,17H,5,8-12,14-15H2,1H3,(H,25,29). The lowest BCUT2D eigenvalue weighted by Crippen LogP contribution is -2.52. The molecule has 29 heavy (non-hydrogen) atoms. The molecule has 0 radical (unpaired) electrons. The Balaban J connectivity index is 1.23. The number of carbonyl (C=O) groups is 1. The Bertz CT molecular complexity index is 840. The second-order valence-electron chi connectivity index (χ2n) is 7.74. The van der Waals surface area contributed by atoms with E-state index in [4.69, 9.17) is 11.6 Å². The van der Waals surface area contributed by atoms with Crippen molar-refractivity contribution < 1.29 is 4.79 Å². The van der Waals surface area contributed by atoms with Crippen molar-refractivity contribution in [2.45, 2.75) is 13.3 Å². The average molecular weight is 415 g/mol. The lowest BCUT2D eigenvalue weighted by Gasteiger charge is -2.34. The van der Waals surface area contributed by atoms with Crippen molar-refractivity contribution in [2.75, 3.05) is 55.6 Å². The van der Waals surface area contributed by atoms with Crippen molar-refractivity contribution in [3.8, 4) is 0 Å². The van der Waals surface area contributed by atoms with E-state index >= 15 is 0 Å². The summed E-state index contributed by atoms with van der Waals surface area (Å²) < 4.78 is 0. The normalized spacial score (nSPS) is 19.5. The van der Waals surface area contributed by atoms with Crippen molar-refractivity contribution in [2.24, 2.45) is 5.92 Å². The van der Waals surface area contributed by atoms with Gasteiger partial charge < -0.3 is 20.0 Å². The largest absolute Gasteiger partial charge is 0.371 e. The monoisotopic (exact) mass is 414 g/mol. The first-order chi connectivity index (χ1) is 14.1. The Morgan fingerprint density at radius 2 is 1.90 bits per heavy atom. The number of benzene rings is 1. The van der Waals surface area contributed by atoms with E-state index in [2.05, 4.69) is 38.1 Å². The van der Waals surface area contributed by atoms with Crippen LogP contribution in [0.3, 0.4) is 0 Å². The number of halogens is 1. The molecule has 2 fully saturated rings. The van der Waals surface area contributed by atoms with E-state index in [9.17, 15) is 4.79 Å². The van der Waals surface area contributed by atoms with Gasteiger partial charge in [0.1, 0.15) is 0 Å². The molecule has 2 saturated heterocycles. The fourth-order valence-electron chi connectivity index (χ4n) is 4.05. The average Bonchev–Trinajstić information content (AvgIpc) is 3.23. The number of hydrogen-bond donors (Lipinski definition) is 1. The summed E-state index contributed by atoms with van der Waals surface area (Å²) in [5.74, 6) is 1.19. The van der Waals surface area contributed by atoms with E-state index in [1.54, 1.807) is 12.4 Å². The number of anilines is 2. The van der Waals surface area contributed by atoms with E-state index in [1.807, 2.05) is 23.1 Å². The molecule has 0 spiro atoms. The molecule has 2 aliphatic heterocycles. The predicted octanol–water partition coefficient (Wildman–Crippen LogP) is 2.80. The maximum atomic E-state index is 12.6. The van der Waals surface area contributed by atoms with E-state index in [-0.39, 0.29) is 6.03 Å². The fourth-order valence-corrected chi connectivity index (χ4v) is 4.22. The minimum atomic E-state index is 0.0241. The molecule has 1 aromatic carbocycles. The number of amides is 2. The number of hydrogen-bond acceptors (Lipinski definition) is 5. The molecule has 3 heterocycles. The van der Waals surface area contributed by atoms with Crippen LogP contribution in [0.4, 0.5) is 16.4 Å². The van der Waals surface area contributed by atoms with Gasteiger partial charge in [-0.05, 0) is 43.0 Å². The number of rotatable bonds is 4. The minimum absolute atomic E-state index is 0.0241. The Morgan fingerprint density at radius 1 is 1.14 bits per heavy atom. The van der Waals surface area contributed by atoms with Gasteiger partial charge in [0.05, 0.1) is 0 Å². The van der Waals surface area contributed by atoms with Gasteiger partial charge in [0, 0.05) is 68.9 Å². The lowest BCUT2D eigenvalue weighted by atomic mass is 10.1. The van der Waals surface area contributed by atoms with Gasteiger partial charge in [-0.3, -0.25) is 0 Å². The first kappa shape index (κ1) is 19.8. The molecule has 154 valence electrons. The first-order valence-corrected chi connectivity index (χ1v) is 10.5. The summed E-state index contributed by atoms with van der Waals surface area (Å²) in [7, 11) is 0. The molecule has 0 bridgehead atoms. The van der Waals surface area contributed by atoms with Gasteiger partial charge in [-0.25, -0.2) is 14.8 Å². The summed E-state index contributed by atoms with van der Waals surface area (Å²) in [6.07, 6.45) is 4.57. The molecule has 8 heteroatoms. The molecule has 0 saturated carbocycles. The highest BCUT2D eigenvalue weighted by Crippen LogP contribution is 2.29. The van der Waals surface area contributed by atoms with Gasteiger partial charge in [-0.15, -0.1) is 0 Å². The highest BCUT2D eigenvalue weighted by Gasteiger charge is 2.26. The zero-order chi connectivity index (χ0) is 20.2. The van der Waals surface area contributed by atoms with Crippen LogP contribution in [0.25, 0.3) is 0 Å². The molecule has 1 unspecified atom stereocenters. The second-order valence-corrected chi connectivity index (χ2v) is 8.18. The Kier molecular flexibility index (Phi) is 6.04. The molecule has 2 aliphatic rings. The predicted molar refractivity (Wildman–Crippen MR) is 116 cm³/mol. The number of nitrogens with one attached hydrogen (secondary N) is 1. The fraction of sp³-hybridized carbons (Fsp3) is 0.476. The van der Waals surface area contributed by atoms with Crippen LogP contribution in [0.15, 0.2) is 36.7 Å². The first-order valence-electron chi connectivity index (χ1n) is 10.2. The van der Waals surface area contributed by atoms with Gasteiger partial charge in [-0.1, -0.05) is 17.7 Å². The van der Waals surface area contributed by atoms with Crippen LogP contribution in [-0.4, -0.2) is 66.7 Å². The van der Waals surface area contributed by atoms with Crippen LogP contribution in [0.5, 0.6) is 0 Å². The minimum Gasteiger partial charge on any atom is -0.371 e. The maximum Gasteiger partial charge on any atom is 0.317 e. The number of piperazine rings is 1. The smallest absolute Gasteiger partial charge is 0.317 e. The van der Waals surface area contributed by atoms with E-state index in [1.165, 1.54) is 11.3 Å². The van der Waals surface area contributed by atoms with Crippen LogP contribution in [0.2, 0.25) is 5.02 Å². The van der Waals surface area contributed by atoms with Crippen LogP contribution in [0.1, 0.15) is 12.0 Å². The summed E-state index contributed by atoms with van der Waals surface area (Å²) in [5.41, 5.74) is 2.44. The van der Waals surface area contributed by atoms with Gasteiger partial charge in [0.25, 0.3) is 0 Å². The molecule has 1 N–H and O–H groups in total. The van der Waals surface area contributed by atoms with Crippen molar-refractivity contribution in [1.29, 1.82) is 0 Å². The van der Waals surface area contributed by atoms with Crippen LogP contribution in [-0.2, 0) is 0 Å². The number of carbonyl (C=O) groups excluding carboxylic acids is 1.